The van der Waals surface area contributed by atoms with E-state index in [0.717, 1.165) is 0 Å². The van der Waals surface area contributed by atoms with E-state index in [1.54, 1.807) is 0 Å². The minimum atomic E-state index is -0.0933. The second-order valence-electron chi connectivity index (χ2n) is 17.2. The van der Waals surface area contributed by atoms with E-state index in [0.29, 0.717) is 0 Å². The maximum Gasteiger partial charge on any atom is 0.0519 e. The fourth-order valence-electron chi connectivity index (χ4n) is 10.1. The number of anilines is 3. The summed E-state index contributed by atoms with van der Waals surface area (Å²) in [6, 6.07) is 57.7. The molecule has 0 aliphatic heterocycles. The van der Waals surface area contributed by atoms with Gasteiger partial charge in [0.2, 0.25) is 0 Å². The highest BCUT2D eigenvalue weighted by atomic mass is 15.1. The molecule has 2 aliphatic rings. The first-order valence-corrected chi connectivity index (χ1v) is 19.7. The molecule has 0 bridgehead atoms. The van der Waals surface area contributed by atoms with Crippen molar-refractivity contribution in [2.75, 3.05) is 4.90 Å². The van der Waals surface area contributed by atoms with Crippen LogP contribution < -0.4 is 4.90 Å². The Morgan fingerprint density at radius 1 is 0.327 bits per heavy atom. The van der Waals surface area contributed by atoms with Gasteiger partial charge in [0.25, 0.3) is 0 Å². The molecule has 0 unspecified atom stereocenters. The number of benzene rings is 9. The molecule has 0 spiro atoms. The molecular weight excluding hydrogens is 663 g/mol. The van der Waals surface area contributed by atoms with E-state index in [4.69, 9.17) is 0 Å². The third kappa shape index (κ3) is 4.59. The van der Waals surface area contributed by atoms with Gasteiger partial charge in [-0.25, -0.2) is 0 Å². The number of hydrogen-bond donors (Lipinski definition) is 0. The quantitative estimate of drug-likeness (QED) is 0.177. The summed E-state index contributed by atoms with van der Waals surface area (Å²) < 4.78 is 0. The van der Waals surface area contributed by atoms with Gasteiger partial charge in [-0.15, -0.1) is 0 Å². The molecule has 0 fully saturated rings. The summed E-state index contributed by atoms with van der Waals surface area (Å²) in [5, 5.41) is 10.3. The maximum atomic E-state index is 2.49. The van der Waals surface area contributed by atoms with E-state index in [2.05, 4.69) is 198 Å². The van der Waals surface area contributed by atoms with Crippen molar-refractivity contribution in [3.05, 3.63) is 185 Å². The number of rotatable bonds is 3. The van der Waals surface area contributed by atoms with Gasteiger partial charge in [-0.05, 0) is 185 Å². The van der Waals surface area contributed by atoms with Gasteiger partial charge in [0.05, 0.1) is 5.69 Å². The summed E-state index contributed by atoms with van der Waals surface area (Å²) in [6.07, 6.45) is 0. The lowest BCUT2D eigenvalue weighted by molar-refractivity contribution is 0.662. The molecule has 0 atom stereocenters. The van der Waals surface area contributed by atoms with Gasteiger partial charge in [-0.1, -0.05) is 107 Å². The molecule has 11 rings (SSSR count). The number of hydrogen-bond acceptors (Lipinski definition) is 1. The third-order valence-electron chi connectivity index (χ3n) is 13.1. The molecular formula is C54H43N. The van der Waals surface area contributed by atoms with Crippen LogP contribution in [0.15, 0.2) is 152 Å². The topological polar surface area (TPSA) is 3.24 Å². The standard InChI is InChI=1S/C54H43N/c1-32-12-11-13-33(2)52(32)55(42-20-18-38-26-46-44-24-34-14-7-9-16-36(34)28-48(44)53(3,4)50(46)30-40(38)22-42)43-21-19-39-27-47-45-25-35-15-8-10-17-37(35)29-49(45)54(5,6)51(47)31-41(39)23-43/h7-31H,1-6H3. The van der Waals surface area contributed by atoms with Crippen molar-refractivity contribution in [1.29, 1.82) is 0 Å². The third-order valence-corrected chi connectivity index (χ3v) is 13.1. The second kappa shape index (κ2) is 11.2. The monoisotopic (exact) mass is 705 g/mol. The SMILES string of the molecule is Cc1cccc(C)c1N(c1ccc2cc3c(cc2c1)C(C)(C)c1cc2ccccc2cc1-3)c1ccc2cc3c(cc2c1)C(C)(C)c1cc2ccccc2cc1-3. The van der Waals surface area contributed by atoms with Crippen LogP contribution in [0.4, 0.5) is 17.1 Å². The van der Waals surface area contributed by atoms with Gasteiger partial charge in [-0.3, -0.25) is 0 Å². The average molecular weight is 706 g/mol. The molecule has 0 saturated heterocycles. The molecule has 1 nitrogen and oxygen atoms in total. The Bertz CT molecular complexity index is 2910. The van der Waals surface area contributed by atoms with Crippen molar-refractivity contribution < 1.29 is 0 Å². The first-order chi connectivity index (χ1) is 26.6. The van der Waals surface area contributed by atoms with Crippen LogP contribution in [0.3, 0.4) is 0 Å². The zero-order chi connectivity index (χ0) is 37.4. The summed E-state index contributed by atoms with van der Waals surface area (Å²) in [6.45, 7) is 14.0. The van der Waals surface area contributed by atoms with Crippen LogP contribution in [0.2, 0.25) is 0 Å². The molecule has 2 aliphatic carbocycles. The number of fused-ring (bicyclic) bond motifs is 10. The predicted octanol–water partition coefficient (Wildman–Crippen LogP) is 15.0. The van der Waals surface area contributed by atoms with Gasteiger partial charge >= 0.3 is 0 Å². The summed E-state index contributed by atoms with van der Waals surface area (Å²) in [7, 11) is 0. The summed E-state index contributed by atoms with van der Waals surface area (Å²) in [5.74, 6) is 0. The zero-order valence-corrected chi connectivity index (χ0v) is 32.4. The predicted molar refractivity (Wildman–Crippen MR) is 236 cm³/mol. The Kier molecular flexibility index (Phi) is 6.56. The fourth-order valence-corrected chi connectivity index (χ4v) is 10.1. The molecule has 264 valence electrons. The molecule has 9 aromatic carbocycles. The van der Waals surface area contributed by atoms with Crippen molar-refractivity contribution in [1.82, 2.24) is 0 Å². The highest BCUT2D eigenvalue weighted by molar-refractivity contribution is 6.02. The van der Waals surface area contributed by atoms with E-state index < -0.39 is 0 Å². The smallest absolute Gasteiger partial charge is 0.0519 e. The first-order valence-electron chi connectivity index (χ1n) is 19.7. The fraction of sp³-hybridized carbons (Fsp3) is 0.148. The van der Waals surface area contributed by atoms with Crippen LogP contribution >= 0.6 is 0 Å². The van der Waals surface area contributed by atoms with Crippen molar-refractivity contribution in [2.24, 2.45) is 0 Å². The van der Waals surface area contributed by atoms with Crippen LogP contribution in [-0.4, -0.2) is 0 Å². The minimum absolute atomic E-state index is 0.0933. The van der Waals surface area contributed by atoms with Gasteiger partial charge in [0.1, 0.15) is 0 Å². The Balaban J connectivity index is 1.07. The van der Waals surface area contributed by atoms with Crippen LogP contribution in [0, 0.1) is 13.8 Å². The first kappa shape index (κ1) is 32.3. The van der Waals surface area contributed by atoms with Gasteiger partial charge < -0.3 is 4.90 Å². The van der Waals surface area contributed by atoms with Crippen LogP contribution in [0.1, 0.15) is 61.1 Å². The summed E-state index contributed by atoms with van der Waals surface area (Å²) in [5.41, 5.74) is 17.0. The number of para-hydroxylation sites is 1. The number of aryl methyl sites for hydroxylation is 2. The van der Waals surface area contributed by atoms with E-state index >= 15 is 0 Å². The van der Waals surface area contributed by atoms with Crippen LogP contribution in [0.5, 0.6) is 0 Å². The van der Waals surface area contributed by atoms with Crippen molar-refractivity contribution in [2.45, 2.75) is 52.4 Å². The molecule has 55 heavy (non-hydrogen) atoms. The van der Waals surface area contributed by atoms with Crippen LogP contribution in [-0.2, 0) is 10.8 Å². The van der Waals surface area contributed by atoms with E-state index in [1.807, 2.05) is 0 Å². The lowest BCUT2D eigenvalue weighted by Crippen LogP contribution is -2.15. The largest absolute Gasteiger partial charge is 0.310 e. The molecule has 0 amide bonds. The molecule has 0 N–H and O–H groups in total. The second-order valence-corrected chi connectivity index (χ2v) is 17.2. The minimum Gasteiger partial charge on any atom is -0.310 e. The maximum absolute atomic E-state index is 2.49. The van der Waals surface area contributed by atoms with E-state index in [1.165, 1.54) is 116 Å². The number of nitrogens with zero attached hydrogens (tertiary/aromatic N) is 1. The molecule has 9 aromatic rings. The zero-order valence-electron chi connectivity index (χ0n) is 32.4. The highest BCUT2D eigenvalue weighted by Crippen LogP contribution is 2.53. The van der Waals surface area contributed by atoms with Gasteiger partial charge in [0, 0.05) is 22.2 Å². The normalized spacial score (nSPS) is 14.7. The Morgan fingerprint density at radius 3 is 1.04 bits per heavy atom. The van der Waals surface area contributed by atoms with Gasteiger partial charge in [0.15, 0.2) is 0 Å². The Hall–Kier alpha value is -6.18. The highest BCUT2D eigenvalue weighted by Gasteiger charge is 2.37. The summed E-state index contributed by atoms with van der Waals surface area (Å²) in [4.78, 5) is 2.49. The Morgan fingerprint density at radius 2 is 0.655 bits per heavy atom. The average Bonchev–Trinajstić information content (AvgIpc) is 3.53. The van der Waals surface area contributed by atoms with E-state index in [9.17, 15) is 0 Å². The Labute approximate surface area is 323 Å². The lowest BCUT2D eigenvalue weighted by Gasteiger charge is -2.29. The molecule has 0 aromatic heterocycles. The molecule has 0 heterocycles. The van der Waals surface area contributed by atoms with E-state index in [-0.39, 0.29) is 10.8 Å². The van der Waals surface area contributed by atoms with Crippen molar-refractivity contribution >= 4 is 60.2 Å². The summed E-state index contributed by atoms with van der Waals surface area (Å²) >= 11 is 0. The van der Waals surface area contributed by atoms with Crippen molar-refractivity contribution in [3.8, 4) is 22.3 Å². The molecule has 0 saturated carbocycles. The lowest BCUT2D eigenvalue weighted by atomic mass is 9.81. The van der Waals surface area contributed by atoms with Crippen molar-refractivity contribution in [3.63, 3.8) is 0 Å². The van der Waals surface area contributed by atoms with Gasteiger partial charge in [-0.2, -0.15) is 0 Å². The molecule has 0 radical (unpaired) electrons. The molecule has 1 heteroatoms. The van der Waals surface area contributed by atoms with Crippen LogP contribution in [0.25, 0.3) is 65.3 Å².